The number of anilines is 1. The Labute approximate surface area is 106 Å². The fraction of sp³-hybridized carbons (Fsp3) is 0. The highest BCUT2D eigenvalue weighted by Gasteiger charge is 2.12. The average Bonchev–Trinajstić information content (AvgIpc) is 2.32. The lowest BCUT2D eigenvalue weighted by Gasteiger charge is -2.05. The maximum atomic E-state index is 12.8. The second kappa shape index (κ2) is 5.01. The first-order valence-electron chi connectivity index (χ1n) is 5.01. The number of nitrogens with one attached hydrogen (secondary N) is 2. The van der Waals surface area contributed by atoms with E-state index < -0.39 is 11.7 Å². The van der Waals surface area contributed by atoms with Crippen molar-refractivity contribution in [1.29, 1.82) is 0 Å². The minimum Gasteiger partial charge on any atom is -0.366 e. The number of hydrogen-bond acceptors (Lipinski definition) is 2. The van der Waals surface area contributed by atoms with Crippen LogP contribution in [0.4, 0.5) is 10.1 Å². The number of halogens is 2. The van der Waals surface area contributed by atoms with E-state index in [-0.39, 0.29) is 21.7 Å². The van der Waals surface area contributed by atoms with Gasteiger partial charge >= 0.3 is 0 Å². The molecule has 0 atom stereocenters. The van der Waals surface area contributed by atoms with Gasteiger partial charge in [-0.2, -0.15) is 0 Å². The first-order valence-corrected chi connectivity index (χ1v) is 5.39. The summed E-state index contributed by atoms with van der Waals surface area (Å²) in [6.45, 7) is 0. The van der Waals surface area contributed by atoms with Crippen molar-refractivity contribution in [3.05, 3.63) is 63.3 Å². The quantitative estimate of drug-likeness (QED) is 0.877. The predicted molar refractivity (Wildman–Crippen MR) is 66.4 cm³/mol. The molecule has 0 aliphatic rings. The summed E-state index contributed by atoms with van der Waals surface area (Å²) in [4.78, 5) is 25.9. The molecule has 4 nitrogen and oxygen atoms in total. The molecular formula is C12H8ClFN2O2. The highest BCUT2D eigenvalue weighted by molar-refractivity contribution is 6.34. The molecule has 0 radical (unpaired) electrons. The SMILES string of the molecule is O=C(Nc1c[nH]ccc1=O)c1ccc(F)cc1Cl. The van der Waals surface area contributed by atoms with Gasteiger partial charge in [0.05, 0.1) is 10.6 Å². The van der Waals surface area contributed by atoms with Gasteiger partial charge in [0.1, 0.15) is 11.5 Å². The van der Waals surface area contributed by atoms with Crippen LogP contribution in [0, 0.1) is 5.82 Å². The van der Waals surface area contributed by atoms with Crippen molar-refractivity contribution in [2.45, 2.75) is 0 Å². The van der Waals surface area contributed by atoms with Gasteiger partial charge in [-0.05, 0) is 18.2 Å². The van der Waals surface area contributed by atoms with E-state index >= 15 is 0 Å². The molecule has 92 valence electrons. The number of aromatic amines is 1. The van der Waals surface area contributed by atoms with Crippen molar-refractivity contribution >= 4 is 23.2 Å². The molecule has 0 unspecified atom stereocenters. The highest BCUT2D eigenvalue weighted by atomic mass is 35.5. The summed E-state index contributed by atoms with van der Waals surface area (Å²) in [5.74, 6) is -1.11. The molecule has 1 aromatic heterocycles. The van der Waals surface area contributed by atoms with Crippen LogP contribution < -0.4 is 10.7 Å². The Morgan fingerprint density at radius 1 is 1.33 bits per heavy atom. The van der Waals surface area contributed by atoms with Crippen LogP contribution in [-0.4, -0.2) is 10.9 Å². The Kier molecular flexibility index (Phi) is 3.43. The zero-order valence-electron chi connectivity index (χ0n) is 9.04. The Hall–Kier alpha value is -2.14. The largest absolute Gasteiger partial charge is 0.366 e. The molecule has 18 heavy (non-hydrogen) atoms. The Balaban J connectivity index is 2.28. The summed E-state index contributed by atoms with van der Waals surface area (Å²) in [5.41, 5.74) is -0.135. The number of pyridine rings is 1. The average molecular weight is 267 g/mol. The van der Waals surface area contributed by atoms with Crippen LogP contribution in [0.25, 0.3) is 0 Å². The second-order valence-corrected chi connectivity index (χ2v) is 3.91. The zero-order valence-corrected chi connectivity index (χ0v) is 9.79. The lowest BCUT2D eigenvalue weighted by Crippen LogP contribution is -2.18. The van der Waals surface area contributed by atoms with Crippen LogP contribution in [0.2, 0.25) is 5.02 Å². The summed E-state index contributed by atoms with van der Waals surface area (Å²) in [7, 11) is 0. The van der Waals surface area contributed by atoms with Crippen LogP contribution in [0.5, 0.6) is 0 Å². The lowest BCUT2D eigenvalue weighted by atomic mass is 10.2. The number of aromatic nitrogens is 1. The van der Waals surface area contributed by atoms with Gasteiger partial charge in [0, 0.05) is 18.5 Å². The topological polar surface area (TPSA) is 62.0 Å². The maximum absolute atomic E-state index is 12.8. The van der Waals surface area contributed by atoms with Crippen molar-refractivity contribution in [3.63, 3.8) is 0 Å². The highest BCUT2D eigenvalue weighted by Crippen LogP contribution is 2.18. The Bertz CT molecular complexity index is 655. The molecule has 0 saturated heterocycles. The second-order valence-electron chi connectivity index (χ2n) is 3.50. The van der Waals surface area contributed by atoms with E-state index in [1.54, 1.807) is 0 Å². The van der Waals surface area contributed by atoms with Gasteiger partial charge in [0.2, 0.25) is 5.43 Å². The minimum atomic E-state index is -0.572. The third kappa shape index (κ3) is 2.57. The van der Waals surface area contributed by atoms with E-state index in [0.717, 1.165) is 12.1 Å². The summed E-state index contributed by atoms with van der Waals surface area (Å²) in [6.07, 6.45) is 2.81. The normalized spacial score (nSPS) is 10.1. The molecule has 2 N–H and O–H groups in total. The van der Waals surface area contributed by atoms with Crippen LogP contribution in [0.3, 0.4) is 0 Å². The van der Waals surface area contributed by atoms with Crippen molar-refractivity contribution in [2.24, 2.45) is 0 Å². The number of benzene rings is 1. The smallest absolute Gasteiger partial charge is 0.257 e. The van der Waals surface area contributed by atoms with Crippen molar-refractivity contribution in [1.82, 2.24) is 4.98 Å². The molecule has 1 aromatic carbocycles. The zero-order chi connectivity index (χ0) is 13.1. The number of hydrogen-bond donors (Lipinski definition) is 2. The summed E-state index contributed by atoms with van der Waals surface area (Å²) >= 11 is 5.74. The van der Waals surface area contributed by atoms with E-state index in [0.29, 0.717) is 0 Å². The molecule has 2 rings (SSSR count). The molecule has 0 aliphatic carbocycles. The third-order valence-corrected chi connectivity index (χ3v) is 2.56. The van der Waals surface area contributed by atoms with Gasteiger partial charge in [-0.1, -0.05) is 11.6 Å². The monoisotopic (exact) mass is 266 g/mol. The molecule has 1 heterocycles. The van der Waals surface area contributed by atoms with Crippen molar-refractivity contribution in [3.8, 4) is 0 Å². The summed E-state index contributed by atoms with van der Waals surface area (Å²) in [6, 6.07) is 4.69. The number of carbonyl (C=O) groups is 1. The molecule has 0 aliphatic heterocycles. The molecule has 6 heteroatoms. The predicted octanol–water partition coefficient (Wildman–Crippen LogP) is 2.42. The fourth-order valence-corrected chi connectivity index (χ4v) is 1.63. The van der Waals surface area contributed by atoms with Crippen LogP contribution in [0.1, 0.15) is 10.4 Å². The van der Waals surface area contributed by atoms with Gasteiger partial charge in [-0.15, -0.1) is 0 Å². The number of carbonyl (C=O) groups excluding carboxylic acids is 1. The van der Waals surface area contributed by atoms with E-state index in [2.05, 4.69) is 10.3 Å². The van der Waals surface area contributed by atoms with E-state index in [1.165, 1.54) is 24.5 Å². The number of amides is 1. The van der Waals surface area contributed by atoms with Gasteiger partial charge < -0.3 is 10.3 Å². The first-order chi connectivity index (χ1) is 8.58. The number of H-pyrrole nitrogens is 1. The molecular weight excluding hydrogens is 259 g/mol. The maximum Gasteiger partial charge on any atom is 0.257 e. The van der Waals surface area contributed by atoms with Gasteiger partial charge in [-0.3, -0.25) is 9.59 Å². The van der Waals surface area contributed by atoms with E-state index in [4.69, 9.17) is 11.6 Å². The minimum absolute atomic E-state index is 0.0140. The Morgan fingerprint density at radius 3 is 2.78 bits per heavy atom. The van der Waals surface area contributed by atoms with Gasteiger partial charge in [0.25, 0.3) is 5.91 Å². The lowest BCUT2D eigenvalue weighted by molar-refractivity contribution is 0.102. The molecule has 0 spiro atoms. The molecule has 1 amide bonds. The Morgan fingerprint density at radius 2 is 2.11 bits per heavy atom. The van der Waals surface area contributed by atoms with Crippen molar-refractivity contribution < 1.29 is 9.18 Å². The van der Waals surface area contributed by atoms with E-state index in [1.807, 2.05) is 0 Å². The third-order valence-electron chi connectivity index (χ3n) is 2.25. The van der Waals surface area contributed by atoms with Gasteiger partial charge in [-0.25, -0.2) is 4.39 Å². The van der Waals surface area contributed by atoms with Crippen molar-refractivity contribution in [2.75, 3.05) is 5.32 Å². The fourth-order valence-electron chi connectivity index (χ4n) is 1.38. The van der Waals surface area contributed by atoms with Gasteiger partial charge in [0.15, 0.2) is 0 Å². The number of rotatable bonds is 2. The molecule has 2 aromatic rings. The molecule has 0 saturated carbocycles. The van der Waals surface area contributed by atoms with Crippen LogP contribution >= 0.6 is 11.6 Å². The summed E-state index contributed by atoms with van der Waals surface area (Å²) in [5, 5.41) is 2.38. The molecule has 0 bridgehead atoms. The van der Waals surface area contributed by atoms with Crippen LogP contribution in [-0.2, 0) is 0 Å². The standard InChI is InChI=1S/C12H8ClFN2O2/c13-9-5-7(14)1-2-8(9)12(18)16-10-6-15-4-3-11(10)17/h1-6H,(H,15,17)(H,16,18). The van der Waals surface area contributed by atoms with Crippen LogP contribution in [0.15, 0.2) is 41.5 Å². The first kappa shape index (κ1) is 12.3. The van der Waals surface area contributed by atoms with E-state index in [9.17, 15) is 14.0 Å². The summed E-state index contributed by atoms with van der Waals surface area (Å²) < 4.78 is 12.8. The molecule has 0 fully saturated rings.